The fourth-order valence-electron chi connectivity index (χ4n) is 2.68. The molecule has 0 radical (unpaired) electrons. The lowest BCUT2D eigenvalue weighted by Gasteiger charge is -2.13. The molecule has 2 aromatic rings. The molecule has 29 heavy (non-hydrogen) atoms. The molecule has 2 aromatic carbocycles. The Morgan fingerprint density at radius 3 is 2.62 bits per heavy atom. The van der Waals surface area contributed by atoms with Gasteiger partial charge in [0.25, 0.3) is 5.91 Å². The summed E-state index contributed by atoms with van der Waals surface area (Å²) >= 11 is 6.44. The third-order valence-corrected chi connectivity index (χ3v) is 5.46. The summed E-state index contributed by atoms with van der Waals surface area (Å²) in [5.74, 6) is -0.226. The number of rotatable bonds is 7. The Morgan fingerprint density at radius 1 is 1.21 bits per heavy atom. The van der Waals surface area contributed by atoms with Crippen LogP contribution in [0, 0.1) is 11.3 Å². The Bertz CT molecular complexity index is 1040. The maximum absolute atomic E-state index is 12.7. The van der Waals surface area contributed by atoms with Crippen LogP contribution in [-0.2, 0) is 9.59 Å². The number of aliphatic carboxylic acids is 1. The molecule has 1 aliphatic rings. The van der Waals surface area contributed by atoms with E-state index in [-0.39, 0.29) is 18.9 Å². The first-order valence-electron chi connectivity index (χ1n) is 8.73. The van der Waals surface area contributed by atoms with Crippen molar-refractivity contribution in [1.29, 1.82) is 5.26 Å². The lowest BCUT2D eigenvalue weighted by molar-refractivity contribution is -0.137. The number of ether oxygens (including phenoxy) is 1. The molecule has 6 nitrogen and oxygen atoms in total. The van der Waals surface area contributed by atoms with Gasteiger partial charge in [0.2, 0.25) is 0 Å². The molecule has 0 bridgehead atoms. The second-order valence-electron chi connectivity index (χ2n) is 6.08. The van der Waals surface area contributed by atoms with Gasteiger partial charge in [-0.15, -0.1) is 0 Å². The zero-order valence-corrected chi connectivity index (χ0v) is 16.8. The van der Waals surface area contributed by atoms with Gasteiger partial charge in [-0.05, 0) is 30.7 Å². The number of carboxylic acid groups (broad SMARTS) is 1. The van der Waals surface area contributed by atoms with E-state index in [9.17, 15) is 14.9 Å². The molecule has 8 heteroatoms. The summed E-state index contributed by atoms with van der Waals surface area (Å²) in [6, 6.07) is 16.2. The van der Waals surface area contributed by atoms with Crippen molar-refractivity contribution in [3.63, 3.8) is 0 Å². The number of hydrogen-bond donors (Lipinski definition) is 1. The molecule has 146 valence electrons. The molecule has 1 aliphatic heterocycles. The highest BCUT2D eigenvalue weighted by molar-refractivity contribution is 8.26. The van der Waals surface area contributed by atoms with Crippen LogP contribution in [0.3, 0.4) is 0 Å². The predicted octanol–water partition coefficient (Wildman–Crippen LogP) is 4.42. The molecule has 1 heterocycles. The summed E-state index contributed by atoms with van der Waals surface area (Å²) in [6.07, 6.45) is 2.01. The average Bonchev–Trinajstić information content (AvgIpc) is 2.97. The zero-order valence-electron chi connectivity index (χ0n) is 15.2. The van der Waals surface area contributed by atoms with Gasteiger partial charge < -0.3 is 9.84 Å². The van der Waals surface area contributed by atoms with Gasteiger partial charge in [0.1, 0.15) is 21.9 Å². The number of carbonyl (C=O) groups is 2. The molecule has 0 aliphatic carbocycles. The van der Waals surface area contributed by atoms with E-state index in [0.29, 0.717) is 38.3 Å². The van der Waals surface area contributed by atoms with E-state index in [1.165, 1.54) is 16.7 Å². The van der Waals surface area contributed by atoms with Crippen molar-refractivity contribution >= 4 is 46.3 Å². The molecule has 1 amide bonds. The van der Waals surface area contributed by atoms with Crippen LogP contribution in [0.5, 0.6) is 11.5 Å². The van der Waals surface area contributed by atoms with Gasteiger partial charge in [0.05, 0.1) is 10.5 Å². The van der Waals surface area contributed by atoms with Crippen molar-refractivity contribution in [2.45, 2.75) is 12.8 Å². The van der Waals surface area contributed by atoms with E-state index in [2.05, 4.69) is 6.07 Å². The van der Waals surface area contributed by atoms with Crippen molar-refractivity contribution in [1.82, 2.24) is 4.90 Å². The van der Waals surface area contributed by atoms with Gasteiger partial charge in [0, 0.05) is 18.5 Å². The van der Waals surface area contributed by atoms with Gasteiger partial charge in [0.15, 0.2) is 0 Å². The number of hydrogen-bond acceptors (Lipinski definition) is 6. The molecular formula is C21H16N2O4S2. The second-order valence-corrected chi connectivity index (χ2v) is 7.75. The molecule has 1 saturated heterocycles. The van der Waals surface area contributed by atoms with E-state index in [1.54, 1.807) is 48.5 Å². The average molecular weight is 425 g/mol. The van der Waals surface area contributed by atoms with Gasteiger partial charge in [-0.25, -0.2) is 0 Å². The number of thiocarbonyl (C=S) groups is 1. The van der Waals surface area contributed by atoms with Crippen LogP contribution >= 0.6 is 24.0 Å². The van der Waals surface area contributed by atoms with Crippen molar-refractivity contribution in [2.75, 3.05) is 6.54 Å². The molecule has 0 atom stereocenters. The third-order valence-electron chi connectivity index (χ3n) is 4.08. The van der Waals surface area contributed by atoms with Crippen molar-refractivity contribution in [2.24, 2.45) is 0 Å². The predicted molar refractivity (Wildman–Crippen MR) is 114 cm³/mol. The van der Waals surface area contributed by atoms with Crippen LogP contribution in [0.25, 0.3) is 6.08 Å². The first-order valence-corrected chi connectivity index (χ1v) is 9.95. The van der Waals surface area contributed by atoms with E-state index in [4.69, 9.17) is 22.1 Å². The number of para-hydroxylation sites is 2. The molecule has 0 unspecified atom stereocenters. The smallest absolute Gasteiger partial charge is 0.303 e. The second kappa shape index (κ2) is 9.37. The highest BCUT2D eigenvalue weighted by Gasteiger charge is 2.31. The molecule has 3 rings (SSSR count). The number of carbonyl (C=O) groups excluding carboxylic acids is 1. The van der Waals surface area contributed by atoms with Crippen LogP contribution in [0.15, 0.2) is 53.4 Å². The first kappa shape index (κ1) is 20.6. The summed E-state index contributed by atoms with van der Waals surface area (Å²) in [5, 5.41) is 18.0. The topological polar surface area (TPSA) is 90.6 Å². The van der Waals surface area contributed by atoms with E-state index in [1.807, 2.05) is 6.07 Å². The minimum absolute atomic E-state index is 0.0227. The summed E-state index contributed by atoms with van der Waals surface area (Å²) in [5.41, 5.74) is 1.08. The Labute approximate surface area is 177 Å². The Hall–Kier alpha value is -3.15. The summed E-state index contributed by atoms with van der Waals surface area (Å²) in [6.45, 7) is 0.266. The number of amides is 1. The van der Waals surface area contributed by atoms with Crippen LogP contribution < -0.4 is 4.74 Å². The normalized spacial score (nSPS) is 14.9. The summed E-state index contributed by atoms with van der Waals surface area (Å²) < 4.78 is 6.33. The lowest BCUT2D eigenvalue weighted by Crippen LogP contribution is -2.29. The molecule has 0 saturated carbocycles. The number of thioether (sulfide) groups is 1. The summed E-state index contributed by atoms with van der Waals surface area (Å²) in [4.78, 5) is 25.2. The maximum Gasteiger partial charge on any atom is 0.303 e. The van der Waals surface area contributed by atoms with Crippen molar-refractivity contribution in [3.05, 3.63) is 64.6 Å². The van der Waals surface area contributed by atoms with Crippen LogP contribution in [-0.4, -0.2) is 32.7 Å². The molecular weight excluding hydrogens is 408 g/mol. The zero-order chi connectivity index (χ0) is 20.8. The highest BCUT2D eigenvalue weighted by Crippen LogP contribution is 2.35. The number of nitriles is 1. The third kappa shape index (κ3) is 5.02. The van der Waals surface area contributed by atoms with Crippen molar-refractivity contribution in [3.8, 4) is 17.6 Å². The molecule has 1 N–H and O–H groups in total. The van der Waals surface area contributed by atoms with Gasteiger partial charge in [-0.3, -0.25) is 14.5 Å². The minimum atomic E-state index is -0.908. The van der Waals surface area contributed by atoms with Crippen LogP contribution in [0.2, 0.25) is 0 Å². The monoisotopic (exact) mass is 424 g/mol. The van der Waals surface area contributed by atoms with E-state index < -0.39 is 5.97 Å². The summed E-state index contributed by atoms with van der Waals surface area (Å²) in [7, 11) is 0. The molecule has 0 spiro atoms. The van der Waals surface area contributed by atoms with Gasteiger partial charge in [-0.2, -0.15) is 5.26 Å². The Balaban J connectivity index is 1.82. The minimum Gasteiger partial charge on any atom is -0.481 e. The number of carboxylic acids is 1. The highest BCUT2D eigenvalue weighted by atomic mass is 32.2. The van der Waals surface area contributed by atoms with Crippen molar-refractivity contribution < 1.29 is 19.4 Å². The molecule has 1 fully saturated rings. The van der Waals surface area contributed by atoms with Gasteiger partial charge in [-0.1, -0.05) is 54.3 Å². The Kier molecular flexibility index (Phi) is 6.65. The molecule has 0 aromatic heterocycles. The Morgan fingerprint density at radius 2 is 1.90 bits per heavy atom. The largest absolute Gasteiger partial charge is 0.481 e. The first-order chi connectivity index (χ1) is 14.0. The lowest BCUT2D eigenvalue weighted by atomic mass is 10.1. The van der Waals surface area contributed by atoms with E-state index in [0.717, 1.165) is 0 Å². The fourth-order valence-corrected chi connectivity index (χ4v) is 3.98. The van der Waals surface area contributed by atoms with E-state index >= 15 is 0 Å². The number of nitrogens with zero attached hydrogens (tertiary/aromatic N) is 2. The van der Waals surface area contributed by atoms with Crippen LogP contribution in [0.1, 0.15) is 24.0 Å². The maximum atomic E-state index is 12.7. The SMILES string of the molecule is N#Cc1ccccc1Oc1ccccc1C=C1SC(=S)N(CCCC(=O)O)C1=O. The standard InChI is InChI=1S/C21H16N2O4S2/c22-13-15-7-2-4-9-17(15)27-16-8-3-1-6-14(16)12-18-20(26)23(21(28)29-18)11-5-10-19(24)25/h1-4,6-9,12H,5,10-11H2,(H,24,25). The quantitative estimate of drug-likeness (QED) is 0.520. The fraction of sp³-hybridized carbons (Fsp3) is 0.143. The van der Waals surface area contributed by atoms with Gasteiger partial charge >= 0.3 is 5.97 Å². The van der Waals surface area contributed by atoms with Crippen LogP contribution in [0.4, 0.5) is 0 Å². The number of benzene rings is 2.